The van der Waals surface area contributed by atoms with E-state index in [9.17, 15) is 5.21 Å². The highest BCUT2D eigenvalue weighted by molar-refractivity contribution is 5.03. The first-order valence-corrected chi connectivity index (χ1v) is 4.57. The zero-order valence-corrected chi connectivity index (χ0v) is 8.10. The molecule has 0 N–H and O–H groups in total. The van der Waals surface area contributed by atoms with Crippen LogP contribution in [0.1, 0.15) is 26.0 Å². The minimum atomic E-state index is 0.0713. The molecule has 0 aliphatic heterocycles. The third-order valence-electron chi connectivity index (χ3n) is 2.13. The van der Waals surface area contributed by atoms with Crippen LogP contribution in [-0.2, 0) is 6.54 Å². The Morgan fingerprint density at radius 3 is 2.85 bits per heavy atom. The van der Waals surface area contributed by atoms with Gasteiger partial charge in [0.05, 0.1) is 5.69 Å². The standard InChI is InChI=1S/C10H15N2O/c1-3-9(2)12(13)8-10-6-4-5-7-11-10/h4-7,9H,3,8H2,1-2H3/q-1. The van der Waals surface area contributed by atoms with Crippen LogP contribution >= 0.6 is 0 Å². The number of nitrogens with zero attached hydrogens (tertiary/aromatic N) is 2. The van der Waals surface area contributed by atoms with Gasteiger partial charge >= 0.3 is 0 Å². The number of hydroxylamine groups is 2. The maximum atomic E-state index is 11.4. The lowest BCUT2D eigenvalue weighted by molar-refractivity contribution is 0.277. The Morgan fingerprint density at radius 1 is 1.54 bits per heavy atom. The van der Waals surface area contributed by atoms with Crippen molar-refractivity contribution in [2.75, 3.05) is 0 Å². The van der Waals surface area contributed by atoms with Crippen LogP contribution in [0.15, 0.2) is 24.4 Å². The molecule has 0 spiro atoms. The summed E-state index contributed by atoms with van der Waals surface area (Å²) in [6.07, 6.45) is 2.58. The molecule has 1 heterocycles. The van der Waals surface area contributed by atoms with Gasteiger partial charge in [0, 0.05) is 12.7 Å². The fourth-order valence-corrected chi connectivity index (χ4v) is 1.01. The van der Waals surface area contributed by atoms with Crippen LogP contribution in [0.2, 0.25) is 0 Å². The maximum Gasteiger partial charge on any atom is 0.0534 e. The fraction of sp³-hybridized carbons (Fsp3) is 0.500. The highest BCUT2D eigenvalue weighted by Gasteiger charge is 2.01. The molecule has 0 fully saturated rings. The van der Waals surface area contributed by atoms with E-state index in [1.807, 2.05) is 32.0 Å². The molecular formula is C10H15N2O-. The molecule has 13 heavy (non-hydrogen) atoms. The fourth-order valence-electron chi connectivity index (χ4n) is 1.01. The van der Waals surface area contributed by atoms with E-state index in [0.29, 0.717) is 6.54 Å². The van der Waals surface area contributed by atoms with Gasteiger partial charge in [-0.25, -0.2) is 0 Å². The molecule has 0 saturated heterocycles. The third-order valence-corrected chi connectivity index (χ3v) is 2.13. The molecule has 0 bridgehead atoms. The van der Waals surface area contributed by atoms with Crippen molar-refractivity contribution in [2.45, 2.75) is 32.9 Å². The Kier molecular flexibility index (Phi) is 3.86. The second-order valence-corrected chi connectivity index (χ2v) is 3.15. The molecule has 3 nitrogen and oxygen atoms in total. The molecule has 0 aliphatic carbocycles. The zero-order valence-electron chi connectivity index (χ0n) is 8.10. The van der Waals surface area contributed by atoms with Crippen LogP contribution in [0, 0.1) is 5.21 Å². The van der Waals surface area contributed by atoms with Crippen LogP contribution in [0.3, 0.4) is 0 Å². The van der Waals surface area contributed by atoms with Crippen LogP contribution in [-0.4, -0.2) is 16.1 Å². The van der Waals surface area contributed by atoms with Crippen molar-refractivity contribution in [3.63, 3.8) is 0 Å². The number of pyridine rings is 1. The van der Waals surface area contributed by atoms with Gasteiger partial charge < -0.3 is 10.3 Å². The largest absolute Gasteiger partial charge is 0.785 e. The van der Waals surface area contributed by atoms with Gasteiger partial charge in [0.1, 0.15) is 0 Å². The second-order valence-electron chi connectivity index (χ2n) is 3.15. The zero-order chi connectivity index (χ0) is 9.68. The SMILES string of the molecule is CCC(C)N([O-])Cc1ccccn1. The Morgan fingerprint density at radius 2 is 2.31 bits per heavy atom. The van der Waals surface area contributed by atoms with Crippen molar-refractivity contribution in [3.05, 3.63) is 35.3 Å². The van der Waals surface area contributed by atoms with Crippen LogP contribution in [0.25, 0.3) is 0 Å². The summed E-state index contributed by atoms with van der Waals surface area (Å²) in [7, 11) is 0. The summed E-state index contributed by atoms with van der Waals surface area (Å²) in [4.78, 5) is 4.09. The molecule has 1 atom stereocenters. The van der Waals surface area contributed by atoms with E-state index in [-0.39, 0.29) is 6.04 Å². The van der Waals surface area contributed by atoms with Gasteiger partial charge in [-0.1, -0.05) is 19.9 Å². The Balaban J connectivity index is 2.50. The van der Waals surface area contributed by atoms with E-state index in [1.54, 1.807) is 6.20 Å². The van der Waals surface area contributed by atoms with E-state index in [0.717, 1.165) is 17.2 Å². The molecule has 1 aromatic heterocycles. The van der Waals surface area contributed by atoms with Gasteiger partial charge in [0.15, 0.2) is 0 Å². The summed E-state index contributed by atoms with van der Waals surface area (Å²) >= 11 is 0. The average Bonchev–Trinajstić information content (AvgIpc) is 2.18. The van der Waals surface area contributed by atoms with Gasteiger partial charge in [-0.15, -0.1) is 0 Å². The molecule has 0 amide bonds. The third kappa shape index (κ3) is 3.13. The molecule has 1 aromatic rings. The minimum absolute atomic E-state index is 0.0713. The lowest BCUT2D eigenvalue weighted by atomic mass is 10.2. The number of aromatic nitrogens is 1. The van der Waals surface area contributed by atoms with Crippen LogP contribution < -0.4 is 0 Å². The second kappa shape index (κ2) is 4.94. The first-order valence-electron chi connectivity index (χ1n) is 4.57. The predicted molar refractivity (Wildman–Crippen MR) is 52.9 cm³/mol. The summed E-state index contributed by atoms with van der Waals surface area (Å²) in [5, 5.41) is 12.5. The summed E-state index contributed by atoms with van der Waals surface area (Å²) in [5.41, 5.74) is 0.831. The molecule has 1 rings (SSSR count). The van der Waals surface area contributed by atoms with Gasteiger partial charge in [-0.2, -0.15) is 0 Å². The van der Waals surface area contributed by atoms with Gasteiger partial charge in [0.25, 0.3) is 0 Å². The van der Waals surface area contributed by atoms with Crippen molar-refractivity contribution >= 4 is 0 Å². The number of rotatable bonds is 4. The van der Waals surface area contributed by atoms with Crippen LogP contribution in [0.5, 0.6) is 0 Å². The quantitative estimate of drug-likeness (QED) is 0.665. The van der Waals surface area contributed by atoms with Crippen molar-refractivity contribution in [3.8, 4) is 0 Å². The molecule has 3 heteroatoms. The van der Waals surface area contributed by atoms with Gasteiger partial charge in [-0.3, -0.25) is 4.98 Å². The van der Waals surface area contributed by atoms with Crippen molar-refractivity contribution in [1.29, 1.82) is 0 Å². The molecule has 0 aliphatic rings. The Hall–Kier alpha value is -0.930. The van der Waals surface area contributed by atoms with E-state index in [4.69, 9.17) is 0 Å². The molecule has 1 unspecified atom stereocenters. The lowest BCUT2D eigenvalue weighted by Gasteiger charge is -2.33. The minimum Gasteiger partial charge on any atom is -0.785 e. The molecule has 0 aromatic carbocycles. The van der Waals surface area contributed by atoms with E-state index < -0.39 is 0 Å². The summed E-state index contributed by atoms with van der Waals surface area (Å²) in [5.74, 6) is 0. The first-order chi connectivity index (χ1) is 6.24. The predicted octanol–water partition coefficient (Wildman–Crippen LogP) is 2.18. The number of hydrogen-bond donors (Lipinski definition) is 0. The first kappa shape index (κ1) is 10.2. The Labute approximate surface area is 79.0 Å². The smallest absolute Gasteiger partial charge is 0.0534 e. The highest BCUT2D eigenvalue weighted by Crippen LogP contribution is 2.06. The average molecular weight is 179 g/mol. The summed E-state index contributed by atoms with van der Waals surface area (Å²) in [6, 6.07) is 5.68. The van der Waals surface area contributed by atoms with Crippen molar-refractivity contribution < 1.29 is 0 Å². The monoisotopic (exact) mass is 179 g/mol. The van der Waals surface area contributed by atoms with Crippen LogP contribution in [0.4, 0.5) is 0 Å². The van der Waals surface area contributed by atoms with E-state index in [1.165, 1.54) is 0 Å². The van der Waals surface area contributed by atoms with Gasteiger partial charge in [0.2, 0.25) is 0 Å². The van der Waals surface area contributed by atoms with E-state index >= 15 is 0 Å². The Bertz CT molecular complexity index is 238. The highest BCUT2D eigenvalue weighted by atomic mass is 16.5. The molecule has 0 saturated carbocycles. The summed E-state index contributed by atoms with van der Waals surface area (Å²) < 4.78 is 0. The topological polar surface area (TPSA) is 39.2 Å². The molecular weight excluding hydrogens is 164 g/mol. The number of hydrogen-bond acceptors (Lipinski definition) is 3. The maximum absolute atomic E-state index is 11.4. The molecule has 72 valence electrons. The van der Waals surface area contributed by atoms with Crippen molar-refractivity contribution in [2.24, 2.45) is 0 Å². The van der Waals surface area contributed by atoms with Gasteiger partial charge in [-0.05, 0) is 24.6 Å². The molecule has 0 radical (unpaired) electrons. The summed E-state index contributed by atoms with van der Waals surface area (Å²) in [6.45, 7) is 4.32. The van der Waals surface area contributed by atoms with E-state index in [2.05, 4.69) is 4.98 Å². The normalized spacial score (nSPS) is 13.2. The lowest BCUT2D eigenvalue weighted by Crippen LogP contribution is -2.26. The van der Waals surface area contributed by atoms with Crippen molar-refractivity contribution in [1.82, 2.24) is 10.0 Å².